The zero-order valence-electron chi connectivity index (χ0n) is 29.2. The zero-order chi connectivity index (χ0) is 34.6. The van der Waals surface area contributed by atoms with Gasteiger partial charge in [0.2, 0.25) is 5.71 Å². The van der Waals surface area contributed by atoms with Crippen molar-refractivity contribution in [2.75, 3.05) is 0 Å². The zero-order valence-corrected chi connectivity index (χ0v) is 29.2. The Labute approximate surface area is 303 Å². The highest BCUT2D eigenvalue weighted by Crippen LogP contribution is 2.53. The molecule has 0 spiro atoms. The van der Waals surface area contributed by atoms with Gasteiger partial charge in [-0.05, 0) is 105 Å². The number of aliphatic imine (C=N–C) groups is 1. The predicted octanol–water partition coefficient (Wildman–Crippen LogP) is 12.4. The van der Waals surface area contributed by atoms with E-state index >= 15 is 0 Å². The van der Waals surface area contributed by atoms with Gasteiger partial charge in [-0.3, -0.25) is 0 Å². The molecule has 1 aliphatic heterocycles. The van der Waals surface area contributed by atoms with Crippen LogP contribution in [0.5, 0.6) is 0 Å². The molecule has 1 aromatic heterocycles. The number of hydrogen-bond donors (Lipinski definition) is 0. The van der Waals surface area contributed by atoms with Crippen LogP contribution in [0, 0.1) is 0 Å². The van der Waals surface area contributed by atoms with Crippen molar-refractivity contribution >= 4 is 54.6 Å². The van der Waals surface area contributed by atoms with Crippen molar-refractivity contribution in [2.24, 2.45) is 4.99 Å². The molecule has 2 heterocycles. The Kier molecular flexibility index (Phi) is 6.10. The number of nitrogens with zero attached hydrogens (tertiary/aromatic N) is 2. The standard InChI is InChI=1S/C50H35N2/c1-50(2)44-18-10-9-15-38(44)41-27-42-43(28-45(41)50)48(39-16-7-8-17-40(39)49(42)36-24-19-31-11-3-4-12-34(31)25-36)33-22-20-32(21-23-33)46-30-52-29-37-14-6-5-13-35(37)26-47(52)51-46/h3-29H,30H2,1-2H3/q+1. The van der Waals surface area contributed by atoms with Crippen LogP contribution >= 0.6 is 0 Å². The molecule has 9 aromatic rings. The van der Waals surface area contributed by atoms with Crippen LogP contribution in [0.3, 0.4) is 0 Å². The summed E-state index contributed by atoms with van der Waals surface area (Å²) in [5, 5.41) is 10.1. The highest BCUT2D eigenvalue weighted by atomic mass is 15.1. The first-order valence-corrected chi connectivity index (χ1v) is 18.2. The maximum atomic E-state index is 5.10. The summed E-state index contributed by atoms with van der Waals surface area (Å²) in [4.78, 5) is 5.10. The highest BCUT2D eigenvalue weighted by Gasteiger charge is 2.36. The molecule has 0 unspecified atom stereocenters. The topological polar surface area (TPSA) is 16.2 Å². The fraction of sp³-hybridized carbons (Fsp3) is 0.0800. The third-order valence-corrected chi connectivity index (χ3v) is 11.7. The van der Waals surface area contributed by atoms with E-state index in [2.05, 4.69) is 182 Å². The molecule has 8 aromatic carbocycles. The predicted molar refractivity (Wildman–Crippen MR) is 218 cm³/mol. The summed E-state index contributed by atoms with van der Waals surface area (Å²) in [5.41, 5.74) is 12.7. The lowest BCUT2D eigenvalue weighted by molar-refractivity contribution is -0.662. The van der Waals surface area contributed by atoms with Crippen molar-refractivity contribution in [3.8, 4) is 33.4 Å². The Morgan fingerprint density at radius 2 is 1.06 bits per heavy atom. The summed E-state index contributed by atoms with van der Waals surface area (Å²) < 4.78 is 2.26. The minimum absolute atomic E-state index is 0.103. The molecule has 2 aliphatic rings. The Bertz CT molecular complexity index is 3000. The molecule has 1 aliphatic carbocycles. The molecule has 52 heavy (non-hydrogen) atoms. The third kappa shape index (κ3) is 4.25. The molecule has 2 heteroatoms. The van der Waals surface area contributed by atoms with Crippen molar-refractivity contribution < 1.29 is 4.57 Å². The van der Waals surface area contributed by atoms with Crippen LogP contribution in [0.15, 0.2) is 169 Å². The normalized spacial score (nSPS) is 14.2. The molecule has 0 saturated heterocycles. The van der Waals surface area contributed by atoms with E-state index in [0.29, 0.717) is 0 Å². The number of aromatic nitrogens is 1. The van der Waals surface area contributed by atoms with Crippen LogP contribution in [-0.4, -0.2) is 5.71 Å². The van der Waals surface area contributed by atoms with Crippen molar-refractivity contribution in [3.63, 3.8) is 0 Å². The molecule has 0 bridgehead atoms. The molecule has 0 saturated carbocycles. The number of pyridine rings is 1. The molecule has 11 rings (SSSR count). The van der Waals surface area contributed by atoms with E-state index in [4.69, 9.17) is 4.99 Å². The lowest BCUT2D eigenvalue weighted by Gasteiger charge is -2.24. The van der Waals surface area contributed by atoms with Crippen molar-refractivity contribution in [1.82, 2.24) is 0 Å². The van der Waals surface area contributed by atoms with Crippen molar-refractivity contribution in [2.45, 2.75) is 25.8 Å². The molecule has 2 nitrogen and oxygen atoms in total. The molecule has 0 atom stereocenters. The summed E-state index contributed by atoms with van der Waals surface area (Å²) in [6, 6.07) is 58.5. The van der Waals surface area contributed by atoms with E-state index in [-0.39, 0.29) is 5.41 Å². The first-order chi connectivity index (χ1) is 25.5. The summed E-state index contributed by atoms with van der Waals surface area (Å²) in [6.45, 7) is 5.53. The minimum Gasteiger partial charge on any atom is -0.222 e. The number of hydrogen-bond acceptors (Lipinski definition) is 1. The minimum atomic E-state index is -0.103. The van der Waals surface area contributed by atoms with Gasteiger partial charge in [-0.1, -0.05) is 147 Å². The van der Waals surface area contributed by atoms with E-state index in [0.717, 1.165) is 23.6 Å². The van der Waals surface area contributed by atoms with Crippen LogP contribution in [0.4, 0.5) is 5.82 Å². The van der Waals surface area contributed by atoms with Crippen LogP contribution in [-0.2, 0) is 12.0 Å². The van der Waals surface area contributed by atoms with Gasteiger partial charge in [-0.15, -0.1) is 0 Å². The van der Waals surface area contributed by atoms with Gasteiger partial charge in [0.1, 0.15) is 0 Å². The summed E-state index contributed by atoms with van der Waals surface area (Å²) in [6.07, 6.45) is 2.23. The van der Waals surface area contributed by atoms with Gasteiger partial charge in [0.25, 0.3) is 0 Å². The maximum absolute atomic E-state index is 5.10. The van der Waals surface area contributed by atoms with Crippen LogP contribution < -0.4 is 4.57 Å². The maximum Gasteiger partial charge on any atom is 0.324 e. The fourth-order valence-electron chi connectivity index (χ4n) is 9.10. The number of benzene rings is 8. The van der Waals surface area contributed by atoms with Gasteiger partial charge in [-0.25, -0.2) is 4.57 Å². The highest BCUT2D eigenvalue weighted by molar-refractivity contribution is 6.23. The average Bonchev–Trinajstić information content (AvgIpc) is 3.70. The second-order valence-corrected chi connectivity index (χ2v) is 15.0. The Balaban J connectivity index is 1.14. The van der Waals surface area contributed by atoms with Gasteiger partial charge in [-0.2, -0.15) is 0 Å². The SMILES string of the molecule is CC1(C)c2ccccc2-c2cc3c(-c4ccc5ccccc5c4)c4ccccc4c(-c4ccc(C5=Nc6cc7ccccc7c[n+]6C5)cc4)c3cc21. The largest absolute Gasteiger partial charge is 0.324 e. The molecule has 0 radical (unpaired) electrons. The first-order valence-electron chi connectivity index (χ1n) is 18.2. The van der Waals surface area contributed by atoms with E-state index in [9.17, 15) is 0 Å². The Hall–Kier alpha value is -6.38. The number of fused-ring (bicyclic) bond motifs is 8. The van der Waals surface area contributed by atoms with Gasteiger partial charge in [0.15, 0.2) is 6.54 Å². The van der Waals surface area contributed by atoms with Crippen molar-refractivity contribution in [3.05, 3.63) is 181 Å². The smallest absolute Gasteiger partial charge is 0.222 e. The quantitative estimate of drug-likeness (QED) is 0.132. The Morgan fingerprint density at radius 1 is 0.462 bits per heavy atom. The number of rotatable bonds is 3. The van der Waals surface area contributed by atoms with Crippen LogP contribution in [0.2, 0.25) is 0 Å². The van der Waals surface area contributed by atoms with Gasteiger partial charge in [0, 0.05) is 22.4 Å². The van der Waals surface area contributed by atoms with Crippen LogP contribution in [0.25, 0.3) is 76.5 Å². The molecule has 0 N–H and O–H groups in total. The van der Waals surface area contributed by atoms with Gasteiger partial charge < -0.3 is 0 Å². The van der Waals surface area contributed by atoms with E-state index in [1.807, 2.05) is 0 Å². The van der Waals surface area contributed by atoms with Crippen LogP contribution in [0.1, 0.15) is 30.5 Å². The molecule has 244 valence electrons. The molecule has 0 fully saturated rings. The lowest BCUT2D eigenvalue weighted by atomic mass is 9.79. The molecular formula is C50H35N2+. The third-order valence-electron chi connectivity index (χ3n) is 11.7. The average molecular weight is 664 g/mol. The molecule has 0 amide bonds. The Morgan fingerprint density at radius 3 is 1.85 bits per heavy atom. The monoisotopic (exact) mass is 663 g/mol. The summed E-state index contributed by atoms with van der Waals surface area (Å²) in [7, 11) is 0. The van der Waals surface area contributed by atoms with E-state index < -0.39 is 0 Å². The van der Waals surface area contributed by atoms with E-state index in [1.165, 1.54) is 87.6 Å². The van der Waals surface area contributed by atoms with Gasteiger partial charge >= 0.3 is 5.82 Å². The summed E-state index contributed by atoms with van der Waals surface area (Å²) in [5.74, 6) is 1.01. The second kappa shape index (κ2) is 10.8. The van der Waals surface area contributed by atoms with Gasteiger partial charge in [0.05, 0.1) is 6.20 Å². The van der Waals surface area contributed by atoms with Crippen molar-refractivity contribution in [1.29, 1.82) is 0 Å². The summed E-state index contributed by atoms with van der Waals surface area (Å²) >= 11 is 0. The second-order valence-electron chi connectivity index (χ2n) is 15.0. The first kappa shape index (κ1) is 29.4. The lowest BCUT2D eigenvalue weighted by Crippen LogP contribution is -2.33. The molecular weight excluding hydrogens is 629 g/mol. The fourth-order valence-corrected chi connectivity index (χ4v) is 9.10. The van der Waals surface area contributed by atoms with E-state index in [1.54, 1.807) is 0 Å².